The van der Waals surface area contributed by atoms with Gasteiger partial charge in [0.25, 0.3) is 0 Å². The second kappa shape index (κ2) is 10.6. The van der Waals surface area contributed by atoms with Crippen LogP contribution in [0.1, 0.15) is 28.4 Å². The van der Waals surface area contributed by atoms with Gasteiger partial charge in [-0.05, 0) is 55.3 Å². The van der Waals surface area contributed by atoms with Crippen molar-refractivity contribution in [3.05, 3.63) is 95.7 Å². The maximum atomic E-state index is 11.8. The minimum atomic E-state index is -0.320. The summed E-state index contributed by atoms with van der Waals surface area (Å²) in [6.45, 7) is 4.73. The molecular formula is C26H25ClN2O3. The number of rotatable bonds is 7. The Morgan fingerprint density at radius 1 is 0.969 bits per heavy atom. The highest BCUT2D eigenvalue weighted by Crippen LogP contribution is 2.27. The van der Waals surface area contributed by atoms with Crippen LogP contribution in [0.3, 0.4) is 0 Å². The highest BCUT2D eigenvalue weighted by atomic mass is 35.5. The van der Waals surface area contributed by atoms with Crippen molar-refractivity contribution in [3.63, 3.8) is 0 Å². The van der Waals surface area contributed by atoms with Crippen molar-refractivity contribution in [2.24, 2.45) is 0 Å². The van der Waals surface area contributed by atoms with Crippen molar-refractivity contribution in [3.8, 4) is 28.4 Å². The van der Waals surface area contributed by atoms with Gasteiger partial charge < -0.3 is 14.5 Å². The number of esters is 1. The van der Waals surface area contributed by atoms with Crippen molar-refractivity contribution in [2.75, 3.05) is 6.61 Å². The molecule has 4 rings (SSSR count). The third-order valence-electron chi connectivity index (χ3n) is 4.97. The Balaban J connectivity index is 0.00000289. The van der Waals surface area contributed by atoms with Gasteiger partial charge in [-0.15, -0.1) is 12.4 Å². The first kappa shape index (κ1) is 23.1. The first-order chi connectivity index (χ1) is 15.1. The molecular weight excluding hydrogens is 424 g/mol. The number of carbonyl (C=O) groups is 1. The highest BCUT2D eigenvalue weighted by molar-refractivity contribution is 5.90. The molecule has 0 aliphatic rings. The summed E-state index contributed by atoms with van der Waals surface area (Å²) in [5.74, 6) is 1.29. The number of hydrogen-bond donors (Lipinski definition) is 1. The predicted octanol–water partition coefficient (Wildman–Crippen LogP) is 6.23. The largest absolute Gasteiger partial charge is 0.489 e. The second-order valence-corrected chi connectivity index (χ2v) is 7.20. The summed E-state index contributed by atoms with van der Waals surface area (Å²) in [6.07, 6.45) is 1.81. The number of halogens is 1. The van der Waals surface area contributed by atoms with Gasteiger partial charge in [-0.3, -0.25) is 0 Å². The van der Waals surface area contributed by atoms with Crippen LogP contribution in [-0.4, -0.2) is 22.5 Å². The van der Waals surface area contributed by atoms with E-state index in [0.29, 0.717) is 18.8 Å². The molecule has 1 aromatic heterocycles. The van der Waals surface area contributed by atoms with Crippen LogP contribution in [0.15, 0.2) is 79.0 Å². The molecule has 0 atom stereocenters. The molecule has 0 aliphatic heterocycles. The molecule has 5 nitrogen and oxygen atoms in total. The van der Waals surface area contributed by atoms with Crippen molar-refractivity contribution in [2.45, 2.75) is 20.5 Å². The molecule has 1 heterocycles. The lowest BCUT2D eigenvalue weighted by Gasteiger charge is -2.10. The monoisotopic (exact) mass is 448 g/mol. The standard InChI is InChI=1S/C26H24N2O3.ClH/c1-3-30-26(29)21-11-9-20(10-12-21)25-27-16-23(28-25)22-13-14-24(18(2)15-22)31-17-19-7-5-4-6-8-19;/h4-16H,3,17H2,1-2H3,(H,27,28);1H. The summed E-state index contributed by atoms with van der Waals surface area (Å²) >= 11 is 0. The Morgan fingerprint density at radius 3 is 2.38 bits per heavy atom. The second-order valence-electron chi connectivity index (χ2n) is 7.20. The molecule has 0 aliphatic carbocycles. The van der Waals surface area contributed by atoms with Crippen molar-refractivity contribution in [1.82, 2.24) is 9.97 Å². The lowest BCUT2D eigenvalue weighted by atomic mass is 10.1. The van der Waals surface area contributed by atoms with Gasteiger partial charge in [0.05, 0.1) is 24.1 Å². The Hall–Kier alpha value is -3.57. The summed E-state index contributed by atoms with van der Waals surface area (Å²) in [7, 11) is 0. The first-order valence-corrected chi connectivity index (χ1v) is 10.2. The van der Waals surface area contributed by atoms with Crippen LogP contribution in [0.5, 0.6) is 5.75 Å². The van der Waals surface area contributed by atoms with Crippen LogP contribution >= 0.6 is 12.4 Å². The molecule has 0 saturated heterocycles. The topological polar surface area (TPSA) is 64.2 Å². The average Bonchev–Trinajstić information content (AvgIpc) is 3.29. The van der Waals surface area contributed by atoms with Crippen molar-refractivity contribution >= 4 is 18.4 Å². The molecule has 0 radical (unpaired) electrons. The zero-order chi connectivity index (χ0) is 21.6. The molecule has 0 saturated carbocycles. The van der Waals surface area contributed by atoms with E-state index in [2.05, 4.69) is 28.2 Å². The summed E-state index contributed by atoms with van der Waals surface area (Å²) in [6, 6.07) is 23.4. The molecule has 0 bridgehead atoms. The predicted molar refractivity (Wildman–Crippen MR) is 128 cm³/mol. The lowest BCUT2D eigenvalue weighted by molar-refractivity contribution is 0.0526. The highest BCUT2D eigenvalue weighted by Gasteiger charge is 2.10. The number of imidazole rings is 1. The third-order valence-corrected chi connectivity index (χ3v) is 4.97. The van der Waals surface area contributed by atoms with E-state index in [0.717, 1.165) is 39.5 Å². The number of hydrogen-bond acceptors (Lipinski definition) is 4. The van der Waals surface area contributed by atoms with E-state index in [1.165, 1.54) is 0 Å². The SMILES string of the molecule is CCOC(=O)c1ccc(-c2ncc(-c3ccc(OCc4ccccc4)c(C)c3)[nH]2)cc1.Cl. The molecule has 3 aromatic carbocycles. The van der Waals surface area contributed by atoms with E-state index < -0.39 is 0 Å². The third kappa shape index (κ3) is 5.37. The zero-order valence-electron chi connectivity index (χ0n) is 18.0. The molecule has 32 heavy (non-hydrogen) atoms. The fourth-order valence-electron chi connectivity index (χ4n) is 3.31. The quantitative estimate of drug-likeness (QED) is 0.340. The van der Waals surface area contributed by atoms with Gasteiger partial charge in [-0.2, -0.15) is 0 Å². The lowest BCUT2D eigenvalue weighted by Crippen LogP contribution is -2.04. The number of aromatic nitrogens is 2. The number of carbonyl (C=O) groups excluding carboxylic acids is 1. The van der Waals surface area contributed by atoms with Gasteiger partial charge >= 0.3 is 5.97 Å². The normalized spacial score (nSPS) is 10.3. The van der Waals surface area contributed by atoms with Crippen molar-refractivity contribution in [1.29, 1.82) is 0 Å². The number of nitrogens with zero attached hydrogens (tertiary/aromatic N) is 1. The minimum absolute atomic E-state index is 0. The summed E-state index contributed by atoms with van der Waals surface area (Å²) in [5, 5.41) is 0. The average molecular weight is 449 g/mol. The van der Waals surface area contributed by atoms with E-state index in [1.807, 2.05) is 55.6 Å². The zero-order valence-corrected chi connectivity index (χ0v) is 18.8. The van der Waals surface area contributed by atoms with E-state index in [4.69, 9.17) is 9.47 Å². The molecule has 0 unspecified atom stereocenters. The first-order valence-electron chi connectivity index (χ1n) is 10.2. The van der Waals surface area contributed by atoms with Gasteiger partial charge in [0.1, 0.15) is 18.2 Å². The van der Waals surface area contributed by atoms with Crippen LogP contribution in [0.25, 0.3) is 22.6 Å². The van der Waals surface area contributed by atoms with Crippen LogP contribution in [0, 0.1) is 6.92 Å². The number of aryl methyl sites for hydroxylation is 1. The van der Waals surface area contributed by atoms with Crippen LogP contribution < -0.4 is 4.74 Å². The summed E-state index contributed by atoms with van der Waals surface area (Å²) < 4.78 is 11.0. The maximum absolute atomic E-state index is 11.8. The van der Waals surface area contributed by atoms with Crippen LogP contribution in [0.2, 0.25) is 0 Å². The molecule has 4 aromatic rings. The van der Waals surface area contributed by atoms with E-state index in [-0.39, 0.29) is 18.4 Å². The molecule has 0 fully saturated rings. The van der Waals surface area contributed by atoms with Gasteiger partial charge in [-0.25, -0.2) is 9.78 Å². The van der Waals surface area contributed by atoms with E-state index in [1.54, 1.807) is 19.1 Å². The Kier molecular flexibility index (Phi) is 7.68. The number of H-pyrrole nitrogens is 1. The number of aromatic amines is 1. The van der Waals surface area contributed by atoms with Crippen LogP contribution in [-0.2, 0) is 11.3 Å². The Bertz CT molecular complexity index is 1170. The van der Waals surface area contributed by atoms with Gasteiger partial charge in [0.2, 0.25) is 0 Å². The Labute approximate surface area is 193 Å². The summed E-state index contributed by atoms with van der Waals surface area (Å²) in [4.78, 5) is 19.7. The van der Waals surface area contributed by atoms with Gasteiger partial charge in [0.15, 0.2) is 0 Å². The maximum Gasteiger partial charge on any atom is 0.338 e. The molecule has 164 valence electrons. The van der Waals surface area contributed by atoms with E-state index >= 15 is 0 Å². The van der Waals surface area contributed by atoms with Gasteiger partial charge in [0, 0.05) is 11.1 Å². The fourth-order valence-corrected chi connectivity index (χ4v) is 3.31. The smallest absolute Gasteiger partial charge is 0.338 e. The number of nitrogens with one attached hydrogen (secondary N) is 1. The number of ether oxygens (including phenoxy) is 2. The minimum Gasteiger partial charge on any atom is -0.489 e. The molecule has 6 heteroatoms. The molecule has 0 spiro atoms. The fraction of sp³-hybridized carbons (Fsp3) is 0.154. The Morgan fingerprint density at radius 2 is 1.69 bits per heavy atom. The summed E-state index contributed by atoms with van der Waals surface area (Å²) in [5.41, 5.74) is 5.58. The van der Waals surface area contributed by atoms with Gasteiger partial charge in [-0.1, -0.05) is 42.5 Å². The molecule has 1 N–H and O–H groups in total. The van der Waals surface area contributed by atoms with Crippen molar-refractivity contribution < 1.29 is 14.3 Å². The van der Waals surface area contributed by atoms with E-state index in [9.17, 15) is 4.79 Å². The number of benzene rings is 3. The molecule has 0 amide bonds. The van der Waals surface area contributed by atoms with Crippen LogP contribution in [0.4, 0.5) is 0 Å².